The van der Waals surface area contributed by atoms with Crippen LogP contribution in [0.15, 0.2) is 49.1 Å². The lowest BCUT2D eigenvalue weighted by Crippen LogP contribution is -1.95. The molecule has 0 amide bonds. The molecule has 0 bridgehead atoms. The van der Waals surface area contributed by atoms with E-state index in [-0.39, 0.29) is 12.4 Å². The van der Waals surface area contributed by atoms with E-state index in [2.05, 4.69) is 25.6 Å². The molecule has 3 heteroatoms. The Morgan fingerprint density at radius 2 is 1.76 bits per heavy atom. The van der Waals surface area contributed by atoms with Crippen molar-refractivity contribution >= 4 is 51.2 Å². The number of benzene rings is 3. The Morgan fingerprint density at radius 3 is 2.43 bits per heavy atom. The van der Waals surface area contributed by atoms with Crippen LogP contribution in [0.5, 0.6) is 0 Å². The highest BCUT2D eigenvalue weighted by atomic mass is 35.5. The standard InChI is InChI=1S/C18H16ClN.ClH/c1-3-6-12-9-10-15-16(11(12)2)17(19)13-7-4-5-8-14(13)18(15)20;/h3-5,7-10H,1,6,20H2,2H3;1H. The molecule has 0 unspecified atom stereocenters. The van der Waals surface area contributed by atoms with Crippen molar-refractivity contribution in [3.8, 4) is 0 Å². The first kappa shape index (κ1) is 15.7. The van der Waals surface area contributed by atoms with Crippen LogP contribution in [0.3, 0.4) is 0 Å². The minimum Gasteiger partial charge on any atom is -0.398 e. The van der Waals surface area contributed by atoms with Crippen LogP contribution in [0.1, 0.15) is 11.1 Å². The lowest BCUT2D eigenvalue weighted by atomic mass is 9.94. The molecule has 108 valence electrons. The quantitative estimate of drug-likeness (QED) is 0.367. The van der Waals surface area contributed by atoms with Gasteiger partial charge in [0, 0.05) is 27.2 Å². The van der Waals surface area contributed by atoms with Gasteiger partial charge in [0.1, 0.15) is 0 Å². The Balaban J connectivity index is 0.00000161. The molecule has 21 heavy (non-hydrogen) atoms. The predicted octanol–water partition coefficient (Wildman–Crippen LogP) is 5.69. The van der Waals surface area contributed by atoms with E-state index >= 15 is 0 Å². The van der Waals surface area contributed by atoms with Crippen LogP contribution in [0.25, 0.3) is 21.5 Å². The van der Waals surface area contributed by atoms with Crippen molar-refractivity contribution in [1.29, 1.82) is 0 Å². The number of nitrogens with two attached hydrogens (primary N) is 1. The maximum atomic E-state index is 6.64. The summed E-state index contributed by atoms with van der Waals surface area (Å²) < 4.78 is 0. The van der Waals surface area contributed by atoms with E-state index in [1.165, 1.54) is 11.1 Å². The van der Waals surface area contributed by atoms with Crippen molar-refractivity contribution in [2.24, 2.45) is 0 Å². The zero-order valence-corrected chi connectivity index (χ0v) is 13.4. The second kappa shape index (κ2) is 5.97. The Hall–Kier alpha value is -1.70. The number of allylic oxidation sites excluding steroid dienone is 1. The summed E-state index contributed by atoms with van der Waals surface area (Å²) in [5.41, 5.74) is 9.56. The van der Waals surface area contributed by atoms with Crippen molar-refractivity contribution in [2.75, 3.05) is 5.73 Å². The summed E-state index contributed by atoms with van der Waals surface area (Å²) in [7, 11) is 0. The number of hydrogen-bond donors (Lipinski definition) is 1. The molecular formula is C18H17Cl2N. The predicted molar refractivity (Wildman–Crippen MR) is 96.8 cm³/mol. The van der Waals surface area contributed by atoms with Gasteiger partial charge in [-0.05, 0) is 24.5 Å². The van der Waals surface area contributed by atoms with Crippen LogP contribution < -0.4 is 5.73 Å². The highest BCUT2D eigenvalue weighted by Gasteiger charge is 2.13. The Labute approximate surface area is 135 Å². The Morgan fingerprint density at radius 1 is 1.10 bits per heavy atom. The molecule has 0 radical (unpaired) electrons. The minimum absolute atomic E-state index is 0. The molecule has 0 fully saturated rings. The summed E-state index contributed by atoms with van der Waals surface area (Å²) in [4.78, 5) is 0. The third kappa shape index (κ3) is 2.37. The molecule has 3 rings (SSSR count). The van der Waals surface area contributed by atoms with Crippen LogP contribution in [-0.2, 0) is 6.42 Å². The fourth-order valence-electron chi connectivity index (χ4n) is 2.83. The van der Waals surface area contributed by atoms with Gasteiger partial charge in [-0.15, -0.1) is 19.0 Å². The fraction of sp³-hybridized carbons (Fsp3) is 0.111. The molecule has 0 aliphatic rings. The van der Waals surface area contributed by atoms with Gasteiger partial charge in [-0.3, -0.25) is 0 Å². The average Bonchev–Trinajstić information content (AvgIpc) is 2.47. The van der Waals surface area contributed by atoms with Gasteiger partial charge in [-0.1, -0.05) is 54.1 Å². The number of aryl methyl sites for hydroxylation is 1. The summed E-state index contributed by atoms with van der Waals surface area (Å²) in [5, 5.41) is 4.90. The van der Waals surface area contributed by atoms with E-state index < -0.39 is 0 Å². The van der Waals surface area contributed by atoms with Crippen LogP contribution in [-0.4, -0.2) is 0 Å². The molecule has 0 aliphatic carbocycles. The van der Waals surface area contributed by atoms with Crippen LogP contribution >= 0.6 is 24.0 Å². The molecule has 0 aliphatic heterocycles. The Bertz CT molecular complexity index is 838. The highest BCUT2D eigenvalue weighted by molar-refractivity contribution is 6.42. The number of nitrogen functional groups attached to an aromatic ring is 1. The van der Waals surface area contributed by atoms with Gasteiger partial charge in [-0.25, -0.2) is 0 Å². The number of halogens is 2. The molecule has 0 atom stereocenters. The second-order valence-electron chi connectivity index (χ2n) is 5.04. The maximum absolute atomic E-state index is 6.64. The van der Waals surface area contributed by atoms with Gasteiger partial charge in [0.15, 0.2) is 0 Å². The van der Waals surface area contributed by atoms with E-state index in [4.69, 9.17) is 17.3 Å². The zero-order valence-electron chi connectivity index (χ0n) is 11.8. The summed E-state index contributed by atoms with van der Waals surface area (Å²) in [6.07, 6.45) is 2.75. The third-order valence-corrected chi connectivity index (χ3v) is 4.30. The molecule has 0 aromatic heterocycles. The Kier molecular flexibility index (Phi) is 4.46. The van der Waals surface area contributed by atoms with Crippen molar-refractivity contribution in [1.82, 2.24) is 0 Å². The lowest BCUT2D eigenvalue weighted by Gasteiger charge is -2.14. The first-order valence-corrected chi connectivity index (χ1v) is 7.01. The van der Waals surface area contributed by atoms with Crippen LogP contribution in [0.2, 0.25) is 5.02 Å². The van der Waals surface area contributed by atoms with Crippen LogP contribution in [0, 0.1) is 6.92 Å². The normalized spacial score (nSPS) is 10.6. The van der Waals surface area contributed by atoms with Crippen molar-refractivity contribution in [2.45, 2.75) is 13.3 Å². The maximum Gasteiger partial charge on any atom is 0.0567 e. The minimum atomic E-state index is 0. The molecular weight excluding hydrogens is 301 g/mol. The van der Waals surface area contributed by atoms with Gasteiger partial charge in [0.05, 0.1) is 5.02 Å². The number of fused-ring (bicyclic) bond motifs is 2. The molecule has 1 nitrogen and oxygen atoms in total. The smallest absolute Gasteiger partial charge is 0.0567 e. The van der Waals surface area contributed by atoms with E-state index in [1.807, 2.05) is 30.3 Å². The SMILES string of the molecule is C=CCc1ccc2c(N)c3ccccc3c(Cl)c2c1C.Cl. The highest BCUT2D eigenvalue weighted by Crippen LogP contribution is 2.40. The van der Waals surface area contributed by atoms with Gasteiger partial charge >= 0.3 is 0 Å². The topological polar surface area (TPSA) is 26.0 Å². The molecule has 3 aromatic carbocycles. The molecule has 0 saturated carbocycles. The largest absolute Gasteiger partial charge is 0.398 e. The van der Waals surface area contributed by atoms with E-state index in [9.17, 15) is 0 Å². The number of hydrogen-bond acceptors (Lipinski definition) is 1. The van der Waals surface area contributed by atoms with Gasteiger partial charge in [0.2, 0.25) is 0 Å². The molecule has 2 N–H and O–H groups in total. The summed E-state index contributed by atoms with van der Waals surface area (Å²) >= 11 is 6.64. The zero-order chi connectivity index (χ0) is 14.3. The van der Waals surface area contributed by atoms with Gasteiger partial charge in [0.25, 0.3) is 0 Å². The fourth-order valence-corrected chi connectivity index (χ4v) is 3.24. The third-order valence-electron chi connectivity index (χ3n) is 3.90. The molecule has 3 aromatic rings. The van der Waals surface area contributed by atoms with Crippen molar-refractivity contribution in [3.05, 3.63) is 65.2 Å². The molecule has 0 heterocycles. The number of anilines is 1. The average molecular weight is 318 g/mol. The van der Waals surface area contributed by atoms with Crippen molar-refractivity contribution in [3.63, 3.8) is 0 Å². The van der Waals surface area contributed by atoms with E-state index in [0.29, 0.717) is 0 Å². The summed E-state index contributed by atoms with van der Waals surface area (Å²) in [5.74, 6) is 0. The first-order chi connectivity index (χ1) is 9.65. The first-order valence-electron chi connectivity index (χ1n) is 6.64. The van der Waals surface area contributed by atoms with Crippen LogP contribution in [0.4, 0.5) is 5.69 Å². The van der Waals surface area contributed by atoms with Gasteiger partial charge < -0.3 is 5.73 Å². The lowest BCUT2D eigenvalue weighted by molar-refractivity contribution is 1.24. The second-order valence-corrected chi connectivity index (χ2v) is 5.42. The summed E-state index contributed by atoms with van der Waals surface area (Å²) in [6.45, 7) is 5.91. The monoisotopic (exact) mass is 317 g/mol. The molecule has 0 spiro atoms. The summed E-state index contributed by atoms with van der Waals surface area (Å²) in [6, 6.07) is 12.2. The van der Waals surface area contributed by atoms with E-state index in [1.54, 1.807) is 0 Å². The van der Waals surface area contributed by atoms with Crippen molar-refractivity contribution < 1.29 is 0 Å². The van der Waals surface area contributed by atoms with E-state index in [0.717, 1.165) is 38.7 Å². The number of rotatable bonds is 2. The van der Waals surface area contributed by atoms with Gasteiger partial charge in [-0.2, -0.15) is 0 Å². The molecule has 0 saturated heterocycles.